The van der Waals surface area contributed by atoms with Gasteiger partial charge in [0.2, 0.25) is 5.13 Å². The predicted molar refractivity (Wildman–Crippen MR) is 97.2 cm³/mol. The molecule has 0 radical (unpaired) electrons. The summed E-state index contributed by atoms with van der Waals surface area (Å²) in [5.41, 5.74) is 1.78. The molecule has 26 heavy (non-hydrogen) atoms. The maximum Gasteiger partial charge on any atom is 0.279 e. The van der Waals surface area contributed by atoms with E-state index in [1.807, 2.05) is 25.1 Å². The van der Waals surface area contributed by atoms with Gasteiger partial charge in [-0.3, -0.25) is 4.79 Å². The van der Waals surface area contributed by atoms with Gasteiger partial charge in [-0.1, -0.05) is 16.5 Å². The Labute approximate surface area is 152 Å². The van der Waals surface area contributed by atoms with Crippen molar-refractivity contribution in [3.63, 3.8) is 0 Å². The van der Waals surface area contributed by atoms with Crippen LogP contribution in [0.25, 0.3) is 15.3 Å². The van der Waals surface area contributed by atoms with Gasteiger partial charge >= 0.3 is 0 Å². The molecule has 0 unspecified atom stereocenters. The molecule has 0 bridgehead atoms. The minimum Gasteiger partial charge on any atom is -0.497 e. The SMILES string of the molecule is COc1ccc2sc(-n3nc(C)cc3NC(=O)c3cc(C)on3)nc2c1. The third kappa shape index (κ3) is 2.93. The van der Waals surface area contributed by atoms with E-state index in [0.717, 1.165) is 21.7 Å². The molecule has 0 spiro atoms. The Morgan fingerprint density at radius 1 is 1.27 bits per heavy atom. The van der Waals surface area contributed by atoms with E-state index >= 15 is 0 Å². The van der Waals surface area contributed by atoms with Gasteiger partial charge in [0.25, 0.3) is 5.91 Å². The monoisotopic (exact) mass is 369 g/mol. The zero-order valence-corrected chi connectivity index (χ0v) is 15.1. The molecule has 4 rings (SSSR count). The number of methoxy groups -OCH3 is 1. The molecule has 0 saturated carbocycles. The first-order valence-electron chi connectivity index (χ1n) is 7.80. The fourth-order valence-electron chi connectivity index (χ4n) is 2.50. The van der Waals surface area contributed by atoms with Crippen LogP contribution in [0.3, 0.4) is 0 Å². The van der Waals surface area contributed by atoms with Gasteiger partial charge in [0.15, 0.2) is 5.69 Å². The summed E-state index contributed by atoms with van der Waals surface area (Å²) in [6.45, 7) is 3.58. The van der Waals surface area contributed by atoms with E-state index in [2.05, 4.69) is 20.6 Å². The highest BCUT2D eigenvalue weighted by Crippen LogP contribution is 2.29. The van der Waals surface area contributed by atoms with Crippen LogP contribution in [-0.2, 0) is 0 Å². The van der Waals surface area contributed by atoms with Crippen LogP contribution in [0.5, 0.6) is 5.75 Å². The summed E-state index contributed by atoms with van der Waals surface area (Å²) in [6, 6.07) is 9.04. The maximum atomic E-state index is 12.4. The molecule has 4 aromatic rings. The molecular formula is C17H15N5O3S. The third-order valence-electron chi connectivity index (χ3n) is 3.70. The molecule has 0 atom stereocenters. The van der Waals surface area contributed by atoms with E-state index in [0.29, 0.717) is 16.7 Å². The lowest BCUT2D eigenvalue weighted by Gasteiger charge is -2.04. The van der Waals surface area contributed by atoms with Crippen LogP contribution in [0, 0.1) is 13.8 Å². The summed E-state index contributed by atoms with van der Waals surface area (Å²) in [4.78, 5) is 17.0. The fraction of sp³-hybridized carbons (Fsp3) is 0.176. The second-order valence-electron chi connectivity index (χ2n) is 5.69. The Hall–Kier alpha value is -3.20. The summed E-state index contributed by atoms with van der Waals surface area (Å²) in [6.07, 6.45) is 0. The number of carbonyl (C=O) groups is 1. The number of carbonyl (C=O) groups excluding carboxylic acids is 1. The number of amides is 1. The Morgan fingerprint density at radius 2 is 2.12 bits per heavy atom. The average molecular weight is 369 g/mol. The van der Waals surface area contributed by atoms with Crippen molar-refractivity contribution < 1.29 is 14.1 Å². The Morgan fingerprint density at radius 3 is 2.85 bits per heavy atom. The number of thiazole rings is 1. The summed E-state index contributed by atoms with van der Waals surface area (Å²) in [5.74, 6) is 1.45. The second-order valence-corrected chi connectivity index (χ2v) is 6.70. The van der Waals surface area contributed by atoms with E-state index in [4.69, 9.17) is 9.26 Å². The van der Waals surface area contributed by atoms with Gasteiger partial charge < -0.3 is 14.6 Å². The Kier molecular flexibility index (Phi) is 3.92. The molecule has 0 aliphatic heterocycles. The van der Waals surface area contributed by atoms with Crippen LogP contribution in [-0.4, -0.2) is 32.9 Å². The fourth-order valence-corrected chi connectivity index (χ4v) is 3.41. The normalized spacial score (nSPS) is 11.0. The standard InChI is InChI=1S/C17H15N5O3S/c1-9-6-15(19-16(23)13-7-10(2)25-21-13)22(20-9)17-18-12-8-11(24-3)4-5-14(12)26-17/h4-8H,1-3H3,(H,19,23). The van der Waals surface area contributed by atoms with Gasteiger partial charge in [0, 0.05) is 18.2 Å². The Bertz CT molecular complexity index is 1110. The smallest absolute Gasteiger partial charge is 0.279 e. The zero-order chi connectivity index (χ0) is 18.3. The van der Waals surface area contributed by atoms with Crippen molar-refractivity contribution in [3.05, 3.63) is 47.5 Å². The summed E-state index contributed by atoms with van der Waals surface area (Å²) < 4.78 is 12.8. The van der Waals surface area contributed by atoms with Crippen LogP contribution in [0.4, 0.5) is 5.82 Å². The van der Waals surface area contributed by atoms with Gasteiger partial charge in [0.05, 0.1) is 23.0 Å². The average Bonchev–Trinajstić information content (AvgIpc) is 3.32. The van der Waals surface area contributed by atoms with E-state index in [1.165, 1.54) is 11.3 Å². The van der Waals surface area contributed by atoms with Crippen LogP contribution < -0.4 is 10.1 Å². The lowest BCUT2D eigenvalue weighted by molar-refractivity contribution is 0.101. The summed E-state index contributed by atoms with van der Waals surface area (Å²) in [5, 5.41) is 11.6. The maximum absolute atomic E-state index is 12.4. The molecule has 1 N–H and O–H groups in total. The van der Waals surface area contributed by atoms with Crippen molar-refractivity contribution in [2.75, 3.05) is 12.4 Å². The molecule has 1 aromatic carbocycles. The van der Waals surface area contributed by atoms with Crippen LogP contribution >= 0.6 is 11.3 Å². The van der Waals surface area contributed by atoms with Crippen molar-refractivity contribution in [2.24, 2.45) is 0 Å². The largest absolute Gasteiger partial charge is 0.497 e. The molecule has 9 heteroatoms. The van der Waals surface area contributed by atoms with Gasteiger partial charge in [0.1, 0.15) is 17.3 Å². The van der Waals surface area contributed by atoms with E-state index < -0.39 is 0 Å². The molecule has 132 valence electrons. The van der Waals surface area contributed by atoms with Gasteiger partial charge in [-0.2, -0.15) is 9.78 Å². The van der Waals surface area contributed by atoms with Gasteiger partial charge in [-0.15, -0.1) is 0 Å². The minimum absolute atomic E-state index is 0.210. The molecule has 0 aliphatic carbocycles. The van der Waals surface area contributed by atoms with Gasteiger partial charge in [-0.05, 0) is 26.0 Å². The van der Waals surface area contributed by atoms with Crippen LogP contribution in [0.2, 0.25) is 0 Å². The van der Waals surface area contributed by atoms with E-state index in [9.17, 15) is 4.79 Å². The number of fused-ring (bicyclic) bond motifs is 1. The van der Waals surface area contributed by atoms with E-state index in [1.54, 1.807) is 30.8 Å². The number of aromatic nitrogens is 4. The second kappa shape index (κ2) is 6.26. The van der Waals surface area contributed by atoms with Crippen molar-refractivity contribution >= 4 is 33.3 Å². The molecule has 0 aliphatic rings. The van der Waals surface area contributed by atoms with Gasteiger partial charge in [-0.25, -0.2) is 4.98 Å². The topological polar surface area (TPSA) is 95.1 Å². The molecule has 3 heterocycles. The first-order valence-corrected chi connectivity index (χ1v) is 8.61. The first-order chi connectivity index (χ1) is 12.5. The number of hydrogen-bond donors (Lipinski definition) is 1. The summed E-state index contributed by atoms with van der Waals surface area (Å²) >= 11 is 1.47. The summed E-state index contributed by atoms with van der Waals surface area (Å²) in [7, 11) is 1.62. The third-order valence-corrected chi connectivity index (χ3v) is 4.71. The molecule has 8 nitrogen and oxygen atoms in total. The number of nitrogens with zero attached hydrogens (tertiary/aromatic N) is 4. The highest BCUT2D eigenvalue weighted by Gasteiger charge is 2.17. The molecule has 0 fully saturated rings. The highest BCUT2D eigenvalue weighted by molar-refractivity contribution is 7.20. The van der Waals surface area contributed by atoms with Crippen LogP contribution in [0.1, 0.15) is 21.9 Å². The number of nitrogens with one attached hydrogen (secondary N) is 1. The number of hydrogen-bond acceptors (Lipinski definition) is 7. The zero-order valence-electron chi connectivity index (χ0n) is 14.3. The minimum atomic E-state index is -0.370. The lowest BCUT2D eigenvalue weighted by atomic mass is 10.3. The number of rotatable bonds is 4. The number of ether oxygens (including phenoxy) is 1. The van der Waals surface area contributed by atoms with Crippen molar-refractivity contribution in [2.45, 2.75) is 13.8 Å². The first kappa shape index (κ1) is 16.3. The number of benzene rings is 1. The van der Waals surface area contributed by atoms with Crippen molar-refractivity contribution in [1.82, 2.24) is 19.9 Å². The van der Waals surface area contributed by atoms with Crippen molar-refractivity contribution in [3.8, 4) is 10.9 Å². The van der Waals surface area contributed by atoms with E-state index in [-0.39, 0.29) is 11.6 Å². The Balaban J connectivity index is 1.70. The molecule has 1 amide bonds. The molecule has 0 saturated heterocycles. The highest BCUT2D eigenvalue weighted by atomic mass is 32.1. The molecular weight excluding hydrogens is 354 g/mol. The number of anilines is 1. The predicted octanol–water partition coefficient (Wildman–Crippen LogP) is 3.35. The quantitative estimate of drug-likeness (QED) is 0.593. The number of aryl methyl sites for hydroxylation is 2. The van der Waals surface area contributed by atoms with Crippen molar-refractivity contribution in [1.29, 1.82) is 0 Å². The van der Waals surface area contributed by atoms with Crippen LogP contribution in [0.15, 0.2) is 34.9 Å². The molecule has 3 aromatic heterocycles. The lowest BCUT2D eigenvalue weighted by Crippen LogP contribution is -2.15.